The fourth-order valence-electron chi connectivity index (χ4n) is 1.61. The monoisotopic (exact) mass is 304 g/mol. The van der Waals surface area contributed by atoms with Crippen LogP contribution in [0.2, 0.25) is 0 Å². The van der Waals surface area contributed by atoms with Crippen molar-refractivity contribution in [3.8, 4) is 5.75 Å². The molecule has 0 heterocycles. The molecule has 112 valence electrons. The molecule has 0 fully saturated rings. The standard InChI is InChI=1S/C11H16N2O6S/c1-11(2,3)7-5-8(12-20(16,17)18)10(19-4)9(6-7)13(14)15/h5-6,12H,1-4H3,(H,16,17,18). The van der Waals surface area contributed by atoms with Crippen molar-refractivity contribution >= 4 is 21.7 Å². The summed E-state index contributed by atoms with van der Waals surface area (Å²) < 4.78 is 37.4. The van der Waals surface area contributed by atoms with E-state index in [1.165, 1.54) is 19.2 Å². The van der Waals surface area contributed by atoms with Crippen LogP contribution in [0.5, 0.6) is 5.75 Å². The van der Waals surface area contributed by atoms with Crippen molar-refractivity contribution in [1.29, 1.82) is 0 Å². The van der Waals surface area contributed by atoms with E-state index in [2.05, 4.69) is 0 Å². The van der Waals surface area contributed by atoms with E-state index < -0.39 is 20.6 Å². The van der Waals surface area contributed by atoms with Crippen LogP contribution < -0.4 is 9.46 Å². The van der Waals surface area contributed by atoms with E-state index >= 15 is 0 Å². The van der Waals surface area contributed by atoms with Gasteiger partial charge in [-0.15, -0.1) is 0 Å². The predicted octanol–water partition coefficient (Wildman–Crippen LogP) is 2.12. The van der Waals surface area contributed by atoms with Gasteiger partial charge < -0.3 is 4.74 Å². The lowest BCUT2D eigenvalue weighted by molar-refractivity contribution is -0.385. The van der Waals surface area contributed by atoms with Gasteiger partial charge in [-0.3, -0.25) is 19.4 Å². The minimum Gasteiger partial charge on any atom is -0.489 e. The number of ether oxygens (including phenoxy) is 1. The first-order valence-corrected chi connectivity index (χ1v) is 7.02. The molecule has 0 amide bonds. The van der Waals surface area contributed by atoms with Gasteiger partial charge in [-0.25, -0.2) is 0 Å². The molecule has 0 saturated carbocycles. The lowest BCUT2D eigenvalue weighted by atomic mass is 9.86. The maximum Gasteiger partial charge on any atom is 0.357 e. The normalized spacial score (nSPS) is 12.1. The van der Waals surface area contributed by atoms with Gasteiger partial charge in [0.25, 0.3) is 0 Å². The second-order valence-electron chi connectivity index (χ2n) is 5.16. The molecule has 1 aromatic rings. The average molecular weight is 304 g/mol. The summed E-state index contributed by atoms with van der Waals surface area (Å²) in [5, 5.41) is 11.1. The van der Waals surface area contributed by atoms with Crippen LogP contribution in [-0.4, -0.2) is 25.0 Å². The number of nitrogens with one attached hydrogen (secondary N) is 1. The molecule has 2 N–H and O–H groups in total. The van der Waals surface area contributed by atoms with Gasteiger partial charge in [0, 0.05) is 6.07 Å². The Morgan fingerprint density at radius 3 is 2.25 bits per heavy atom. The molecule has 1 aromatic carbocycles. The molecule has 0 radical (unpaired) electrons. The topological polar surface area (TPSA) is 119 Å². The molecule has 8 nitrogen and oxygen atoms in total. The summed E-state index contributed by atoms with van der Waals surface area (Å²) >= 11 is 0. The molecule has 0 unspecified atom stereocenters. The van der Waals surface area contributed by atoms with E-state index in [4.69, 9.17) is 9.29 Å². The molecule has 0 saturated heterocycles. The molecule has 0 atom stereocenters. The van der Waals surface area contributed by atoms with Crippen molar-refractivity contribution in [2.75, 3.05) is 11.8 Å². The number of methoxy groups -OCH3 is 1. The van der Waals surface area contributed by atoms with Gasteiger partial charge in [0.05, 0.1) is 12.0 Å². The van der Waals surface area contributed by atoms with E-state index in [0.717, 1.165) is 0 Å². The number of anilines is 1. The van der Waals surface area contributed by atoms with Crippen molar-refractivity contribution in [2.24, 2.45) is 0 Å². The predicted molar refractivity (Wildman–Crippen MR) is 73.5 cm³/mol. The summed E-state index contributed by atoms with van der Waals surface area (Å²) in [7, 11) is -3.39. The lowest BCUT2D eigenvalue weighted by Gasteiger charge is -2.21. The summed E-state index contributed by atoms with van der Waals surface area (Å²) in [6.07, 6.45) is 0. The second kappa shape index (κ2) is 5.25. The molecule has 20 heavy (non-hydrogen) atoms. The molecule has 0 aliphatic heterocycles. The first kappa shape index (κ1) is 16.2. The van der Waals surface area contributed by atoms with Crippen LogP contribution in [0.1, 0.15) is 26.3 Å². The summed E-state index contributed by atoms with van der Waals surface area (Å²) in [6, 6.07) is 2.70. The van der Waals surface area contributed by atoms with Crippen LogP contribution in [0, 0.1) is 10.1 Å². The first-order chi connectivity index (χ1) is 8.95. The number of hydrogen-bond donors (Lipinski definition) is 2. The van der Waals surface area contributed by atoms with Crippen LogP contribution >= 0.6 is 0 Å². The highest BCUT2D eigenvalue weighted by atomic mass is 32.2. The Morgan fingerprint density at radius 2 is 1.90 bits per heavy atom. The minimum absolute atomic E-state index is 0.186. The SMILES string of the molecule is COc1c(NS(=O)(=O)O)cc(C(C)(C)C)cc1[N+](=O)[O-]. The Balaban J connectivity index is 3.62. The number of nitrogens with zero attached hydrogens (tertiary/aromatic N) is 1. The van der Waals surface area contributed by atoms with Crippen LogP contribution in [0.25, 0.3) is 0 Å². The molecular weight excluding hydrogens is 288 g/mol. The molecule has 0 aromatic heterocycles. The Morgan fingerprint density at radius 1 is 1.35 bits per heavy atom. The lowest BCUT2D eigenvalue weighted by Crippen LogP contribution is -2.16. The van der Waals surface area contributed by atoms with Crippen molar-refractivity contribution in [3.63, 3.8) is 0 Å². The quantitative estimate of drug-likeness (QED) is 0.499. The molecule has 0 aliphatic carbocycles. The zero-order valence-electron chi connectivity index (χ0n) is 11.5. The molecule has 0 spiro atoms. The van der Waals surface area contributed by atoms with Crippen molar-refractivity contribution in [2.45, 2.75) is 26.2 Å². The van der Waals surface area contributed by atoms with E-state index in [1.807, 2.05) is 20.8 Å². The van der Waals surface area contributed by atoms with Gasteiger partial charge >= 0.3 is 16.0 Å². The smallest absolute Gasteiger partial charge is 0.357 e. The summed E-state index contributed by atoms with van der Waals surface area (Å²) in [5.41, 5.74) is -0.497. The van der Waals surface area contributed by atoms with Gasteiger partial charge in [-0.1, -0.05) is 20.8 Å². The summed E-state index contributed by atoms with van der Waals surface area (Å²) in [5.74, 6) is -0.263. The zero-order valence-corrected chi connectivity index (χ0v) is 12.3. The van der Waals surface area contributed by atoms with Gasteiger partial charge in [-0.2, -0.15) is 8.42 Å². The number of nitro groups is 1. The Kier molecular flexibility index (Phi) is 4.25. The van der Waals surface area contributed by atoms with Crippen LogP contribution in [-0.2, 0) is 15.7 Å². The van der Waals surface area contributed by atoms with E-state index in [9.17, 15) is 18.5 Å². The van der Waals surface area contributed by atoms with E-state index in [0.29, 0.717) is 5.56 Å². The highest BCUT2D eigenvalue weighted by Crippen LogP contribution is 2.39. The zero-order chi connectivity index (χ0) is 15.7. The summed E-state index contributed by atoms with van der Waals surface area (Å²) in [4.78, 5) is 10.4. The summed E-state index contributed by atoms with van der Waals surface area (Å²) in [6.45, 7) is 5.45. The number of nitro benzene ring substituents is 1. The number of rotatable bonds is 4. The fraction of sp³-hybridized carbons (Fsp3) is 0.455. The largest absolute Gasteiger partial charge is 0.489 e. The Bertz CT molecular complexity index is 633. The van der Waals surface area contributed by atoms with Gasteiger partial charge in [-0.05, 0) is 17.0 Å². The first-order valence-electron chi connectivity index (χ1n) is 5.58. The minimum atomic E-state index is -4.57. The molecule has 9 heteroatoms. The van der Waals surface area contributed by atoms with Crippen molar-refractivity contribution < 1.29 is 22.6 Å². The van der Waals surface area contributed by atoms with Gasteiger partial charge in [0.1, 0.15) is 5.69 Å². The van der Waals surface area contributed by atoms with Crippen molar-refractivity contribution in [1.82, 2.24) is 0 Å². The highest BCUT2D eigenvalue weighted by molar-refractivity contribution is 7.87. The van der Waals surface area contributed by atoms with Crippen LogP contribution in [0.3, 0.4) is 0 Å². The Hall–Kier alpha value is -1.87. The average Bonchev–Trinajstić information content (AvgIpc) is 2.24. The Labute approximate surface area is 116 Å². The number of hydrogen-bond acceptors (Lipinski definition) is 5. The van der Waals surface area contributed by atoms with Gasteiger partial charge in [0.15, 0.2) is 0 Å². The molecule has 0 bridgehead atoms. The van der Waals surface area contributed by atoms with Crippen LogP contribution in [0.4, 0.5) is 11.4 Å². The highest BCUT2D eigenvalue weighted by Gasteiger charge is 2.26. The molecule has 0 aliphatic rings. The fourth-order valence-corrected chi connectivity index (χ4v) is 2.04. The second-order valence-corrected chi connectivity index (χ2v) is 6.31. The van der Waals surface area contributed by atoms with E-state index in [-0.39, 0.29) is 17.1 Å². The molecular formula is C11H16N2O6S. The van der Waals surface area contributed by atoms with Crippen molar-refractivity contribution in [3.05, 3.63) is 27.8 Å². The van der Waals surface area contributed by atoms with E-state index in [1.54, 1.807) is 4.72 Å². The van der Waals surface area contributed by atoms with Gasteiger partial charge in [0.2, 0.25) is 5.75 Å². The third-order valence-electron chi connectivity index (χ3n) is 2.58. The maximum absolute atomic E-state index is 11.1. The third kappa shape index (κ3) is 3.81. The third-order valence-corrected chi connectivity index (χ3v) is 3.05. The maximum atomic E-state index is 11.1. The number of benzene rings is 1. The van der Waals surface area contributed by atoms with Crippen LogP contribution in [0.15, 0.2) is 12.1 Å². The molecule has 1 rings (SSSR count).